The Bertz CT molecular complexity index is 1300. The summed E-state index contributed by atoms with van der Waals surface area (Å²) >= 11 is 0. The van der Waals surface area contributed by atoms with Crippen molar-refractivity contribution < 1.29 is 23.8 Å². The molecule has 9 nitrogen and oxygen atoms in total. The summed E-state index contributed by atoms with van der Waals surface area (Å²) in [6.45, 7) is 7.44. The van der Waals surface area contributed by atoms with Crippen molar-refractivity contribution in [1.29, 1.82) is 0 Å². The average molecular weight is 499 g/mol. The second-order valence-corrected chi connectivity index (χ2v) is 11.7. The number of Topliss-reactive ketones (excluding diaryl/α,β-unsaturated/α-hetero) is 1. The lowest BCUT2D eigenvalue weighted by atomic mass is 9.69. The molecule has 0 saturated heterocycles. The predicted molar refractivity (Wildman–Crippen MR) is 138 cm³/mol. The van der Waals surface area contributed by atoms with Gasteiger partial charge in [-0.2, -0.15) is 0 Å². The molecule has 0 radical (unpaired) electrons. The number of ketones is 1. The summed E-state index contributed by atoms with van der Waals surface area (Å²) in [6, 6.07) is 11.3. The van der Waals surface area contributed by atoms with Crippen LogP contribution in [0.15, 0.2) is 57.3 Å². The van der Waals surface area contributed by atoms with Crippen LogP contribution in [0.5, 0.6) is 0 Å². The highest BCUT2D eigenvalue weighted by Crippen LogP contribution is 2.56. The Labute approximate surface area is 205 Å². The number of amidine groups is 1. The smallest absolute Gasteiger partial charge is 0.217 e. The van der Waals surface area contributed by atoms with Crippen LogP contribution in [0.1, 0.15) is 51.7 Å². The number of carbonyl (C=O) groups excluding carboxylic acids is 2. The van der Waals surface area contributed by atoms with Gasteiger partial charge in [0.25, 0.3) is 0 Å². The average Bonchev–Trinajstić information content (AvgIpc) is 2.75. The Morgan fingerprint density at radius 1 is 1.20 bits per heavy atom. The predicted octanol–water partition coefficient (Wildman–Crippen LogP) is 4.83. The van der Waals surface area contributed by atoms with E-state index >= 15 is 0 Å². The molecule has 7 N–H and O–H groups in total. The highest BCUT2D eigenvalue weighted by atomic mass is 32.3. The first-order valence-electron chi connectivity index (χ1n) is 11.2. The third kappa shape index (κ3) is 4.40. The quantitative estimate of drug-likeness (QED) is 0.330. The lowest BCUT2D eigenvalue weighted by Crippen LogP contribution is -2.55. The third-order valence-electron chi connectivity index (χ3n) is 6.14. The van der Waals surface area contributed by atoms with Crippen LogP contribution < -0.4 is 16.4 Å². The molecule has 0 bridgehead atoms. The van der Waals surface area contributed by atoms with Gasteiger partial charge in [-0.1, -0.05) is 55.8 Å². The number of aliphatic hydroxyl groups is 1. The number of rotatable bonds is 4. The van der Waals surface area contributed by atoms with E-state index in [1.165, 1.54) is 13.0 Å². The van der Waals surface area contributed by atoms with Crippen molar-refractivity contribution >= 4 is 45.4 Å². The Hall–Kier alpha value is -3.34. The van der Waals surface area contributed by atoms with Crippen molar-refractivity contribution in [3.8, 4) is 0 Å². The van der Waals surface area contributed by atoms with Gasteiger partial charge in [-0.3, -0.25) is 18.7 Å². The van der Waals surface area contributed by atoms with Crippen LogP contribution in [0.4, 0.5) is 11.4 Å². The number of nitrogens with one attached hydrogen (secondary N) is 2. The molecule has 2 aromatic rings. The zero-order valence-electron chi connectivity index (χ0n) is 20.0. The van der Waals surface area contributed by atoms with E-state index < -0.39 is 28.0 Å². The zero-order chi connectivity index (χ0) is 25.8. The van der Waals surface area contributed by atoms with Gasteiger partial charge in [0.15, 0.2) is 11.6 Å². The number of nitrogen functional groups attached to an aromatic ring is 1. The lowest BCUT2D eigenvalue weighted by Gasteiger charge is -2.41. The SMILES string of the molecule is CC(=O)NC1(CCC(C)(C)C)C(=O)C(C2=NS(O)(O)c3cc(N)ccc3N2)=C(O)c2ccccc21. The zero-order valence-corrected chi connectivity index (χ0v) is 20.9. The highest BCUT2D eigenvalue weighted by Gasteiger charge is 2.50. The number of nitrogens with two attached hydrogens (primary N) is 1. The van der Waals surface area contributed by atoms with Gasteiger partial charge in [0.1, 0.15) is 21.8 Å². The van der Waals surface area contributed by atoms with Crippen LogP contribution in [0.2, 0.25) is 0 Å². The van der Waals surface area contributed by atoms with E-state index in [1.54, 1.807) is 36.4 Å². The van der Waals surface area contributed by atoms with E-state index in [4.69, 9.17) is 5.73 Å². The largest absolute Gasteiger partial charge is 0.506 e. The maximum absolute atomic E-state index is 14.2. The van der Waals surface area contributed by atoms with Crippen molar-refractivity contribution in [3.63, 3.8) is 0 Å². The van der Waals surface area contributed by atoms with Crippen LogP contribution in [-0.2, 0) is 15.1 Å². The molecule has 10 heteroatoms. The molecule has 1 unspecified atom stereocenters. The summed E-state index contributed by atoms with van der Waals surface area (Å²) in [5.41, 5.74) is 5.39. The minimum absolute atomic E-state index is 0.0888. The van der Waals surface area contributed by atoms with Gasteiger partial charge in [0.05, 0.1) is 5.69 Å². The first-order valence-corrected chi connectivity index (χ1v) is 12.7. The van der Waals surface area contributed by atoms with Gasteiger partial charge in [-0.25, -0.2) is 0 Å². The summed E-state index contributed by atoms with van der Waals surface area (Å²) in [6.07, 6.45) is 0.845. The molecule has 4 rings (SSSR count). The first kappa shape index (κ1) is 24.8. The highest BCUT2D eigenvalue weighted by molar-refractivity contribution is 8.23. The maximum Gasteiger partial charge on any atom is 0.217 e. The fourth-order valence-corrected chi connectivity index (χ4v) is 5.66. The summed E-state index contributed by atoms with van der Waals surface area (Å²) in [7, 11) is -3.72. The van der Waals surface area contributed by atoms with E-state index in [0.717, 1.165) is 0 Å². The molecule has 186 valence electrons. The number of fused-ring (bicyclic) bond motifs is 2. The van der Waals surface area contributed by atoms with E-state index in [2.05, 4.69) is 15.0 Å². The Morgan fingerprint density at radius 2 is 1.89 bits per heavy atom. The third-order valence-corrected chi connectivity index (χ3v) is 7.51. The van der Waals surface area contributed by atoms with Gasteiger partial charge in [0.2, 0.25) is 5.91 Å². The fraction of sp³-hybridized carbons (Fsp3) is 0.320. The van der Waals surface area contributed by atoms with Crippen LogP contribution in [0.25, 0.3) is 5.76 Å². The molecule has 0 saturated carbocycles. The van der Waals surface area contributed by atoms with E-state index in [9.17, 15) is 23.8 Å². The van der Waals surface area contributed by atoms with Crippen molar-refractivity contribution in [2.75, 3.05) is 11.1 Å². The molecule has 2 aliphatic rings. The summed E-state index contributed by atoms with van der Waals surface area (Å²) in [5.74, 6) is -1.55. The van der Waals surface area contributed by atoms with Crippen molar-refractivity contribution in [1.82, 2.24) is 5.32 Å². The fourth-order valence-electron chi connectivity index (χ4n) is 4.46. The van der Waals surface area contributed by atoms with Crippen LogP contribution in [0.3, 0.4) is 0 Å². The Balaban J connectivity index is 1.93. The van der Waals surface area contributed by atoms with E-state index in [0.29, 0.717) is 28.9 Å². The number of aliphatic hydroxyl groups excluding tert-OH is 1. The molecule has 1 amide bonds. The van der Waals surface area contributed by atoms with Gasteiger partial charge in [0, 0.05) is 18.2 Å². The van der Waals surface area contributed by atoms with Gasteiger partial charge < -0.3 is 21.5 Å². The number of benzene rings is 2. The number of hydrogen-bond acceptors (Lipinski definition) is 8. The summed E-state index contributed by atoms with van der Waals surface area (Å²) in [5, 5.41) is 17.1. The monoisotopic (exact) mass is 498 g/mol. The Morgan fingerprint density at radius 3 is 2.54 bits per heavy atom. The Kier molecular flexibility index (Phi) is 5.95. The number of amides is 1. The van der Waals surface area contributed by atoms with E-state index in [-0.39, 0.29) is 33.9 Å². The van der Waals surface area contributed by atoms with Crippen molar-refractivity contribution in [3.05, 3.63) is 59.2 Å². The van der Waals surface area contributed by atoms with Crippen LogP contribution in [0, 0.1) is 5.41 Å². The van der Waals surface area contributed by atoms with Crippen LogP contribution in [-0.4, -0.2) is 31.7 Å². The van der Waals surface area contributed by atoms with Crippen molar-refractivity contribution in [2.24, 2.45) is 9.81 Å². The molecule has 1 atom stereocenters. The molecular formula is C25H30N4O5S. The maximum atomic E-state index is 14.2. The second-order valence-electron chi connectivity index (χ2n) is 10.1. The van der Waals surface area contributed by atoms with Crippen LogP contribution >= 0.6 is 10.8 Å². The molecule has 1 heterocycles. The minimum Gasteiger partial charge on any atom is -0.506 e. The van der Waals surface area contributed by atoms with E-state index in [1.807, 2.05) is 20.8 Å². The number of nitrogens with zero attached hydrogens (tertiary/aromatic N) is 1. The van der Waals surface area contributed by atoms with Gasteiger partial charge in [-0.15, -0.1) is 4.40 Å². The van der Waals surface area contributed by atoms with Crippen molar-refractivity contribution in [2.45, 2.75) is 51.0 Å². The van der Waals surface area contributed by atoms with Gasteiger partial charge in [-0.05, 0) is 42.0 Å². The normalized spacial score (nSPS) is 21.9. The molecule has 0 spiro atoms. The molecule has 2 aromatic carbocycles. The minimum atomic E-state index is -3.72. The second kappa shape index (κ2) is 8.40. The summed E-state index contributed by atoms with van der Waals surface area (Å²) < 4.78 is 25.6. The molecule has 0 aromatic heterocycles. The standard InChI is InChI=1S/C25H30N4O5S/c1-14(30)28-25(12-11-24(2,3)4)17-8-6-5-7-16(17)21(31)20(22(25)32)23-27-18-10-9-15(26)13-19(18)35(33,34)29-23/h5-10,13,31,33-34H,11-12,26H2,1-4H3,(H,27,29)(H,28,30). The lowest BCUT2D eigenvalue weighted by molar-refractivity contribution is -0.129. The molecule has 1 aliphatic carbocycles. The summed E-state index contributed by atoms with van der Waals surface area (Å²) in [4.78, 5) is 26.7. The number of anilines is 2. The first-order chi connectivity index (χ1) is 16.2. The number of hydrogen-bond donors (Lipinski definition) is 6. The molecule has 1 aliphatic heterocycles. The molecular weight excluding hydrogens is 468 g/mol. The topological polar surface area (TPSA) is 157 Å². The number of carbonyl (C=O) groups is 2. The van der Waals surface area contributed by atoms with Gasteiger partial charge >= 0.3 is 0 Å². The molecule has 0 fully saturated rings. The molecule has 35 heavy (non-hydrogen) atoms.